The van der Waals surface area contributed by atoms with E-state index in [0.717, 1.165) is 44.7 Å². The van der Waals surface area contributed by atoms with Crippen molar-refractivity contribution in [2.75, 3.05) is 0 Å². The molecule has 2 aromatic heterocycles. The summed E-state index contributed by atoms with van der Waals surface area (Å²) in [7, 11) is 0. The molecule has 22 heavy (non-hydrogen) atoms. The van der Waals surface area contributed by atoms with Crippen LogP contribution in [0.4, 0.5) is 0 Å². The van der Waals surface area contributed by atoms with Gasteiger partial charge in [0.25, 0.3) is 0 Å². The lowest BCUT2D eigenvalue weighted by molar-refractivity contribution is 0.914. The van der Waals surface area contributed by atoms with Crippen molar-refractivity contribution >= 4 is 32.5 Å². The number of nitrogens with zero attached hydrogens (tertiary/aromatic N) is 4. The Morgan fingerprint density at radius 2 is 1.91 bits per heavy atom. The van der Waals surface area contributed by atoms with E-state index in [0.29, 0.717) is 0 Å². The summed E-state index contributed by atoms with van der Waals surface area (Å²) >= 11 is 3.51. The zero-order valence-corrected chi connectivity index (χ0v) is 13.6. The van der Waals surface area contributed by atoms with Crippen LogP contribution in [0.5, 0.6) is 0 Å². The summed E-state index contributed by atoms with van der Waals surface area (Å²) in [6.45, 7) is 2.10. The van der Waals surface area contributed by atoms with E-state index in [9.17, 15) is 0 Å². The number of aromatic nitrogens is 4. The highest BCUT2D eigenvalue weighted by Crippen LogP contribution is 2.26. The molecular formula is C17H13BrN4. The lowest BCUT2D eigenvalue weighted by Gasteiger charge is -2.08. The lowest BCUT2D eigenvalue weighted by atomic mass is 10.2. The first-order valence-electron chi connectivity index (χ1n) is 7.16. The van der Waals surface area contributed by atoms with Gasteiger partial charge in [-0.2, -0.15) is 0 Å². The van der Waals surface area contributed by atoms with Crippen molar-refractivity contribution in [3.8, 4) is 11.4 Å². The Morgan fingerprint density at radius 1 is 1.05 bits per heavy atom. The van der Waals surface area contributed by atoms with Gasteiger partial charge in [0.1, 0.15) is 5.82 Å². The molecule has 4 nitrogen and oxygen atoms in total. The molecule has 0 saturated heterocycles. The van der Waals surface area contributed by atoms with Gasteiger partial charge in [-0.3, -0.25) is 4.40 Å². The van der Waals surface area contributed by atoms with Crippen LogP contribution in [0.25, 0.3) is 27.9 Å². The summed E-state index contributed by atoms with van der Waals surface area (Å²) in [5.74, 6) is 1.79. The Kier molecular flexibility index (Phi) is 3.15. The van der Waals surface area contributed by atoms with Gasteiger partial charge in [0.05, 0.1) is 5.52 Å². The van der Waals surface area contributed by atoms with Crippen LogP contribution in [0.2, 0.25) is 0 Å². The van der Waals surface area contributed by atoms with Crippen molar-refractivity contribution in [1.82, 2.24) is 19.6 Å². The van der Waals surface area contributed by atoms with E-state index >= 15 is 0 Å². The van der Waals surface area contributed by atoms with Crippen molar-refractivity contribution in [2.24, 2.45) is 0 Å². The fourth-order valence-electron chi connectivity index (χ4n) is 2.70. The number of para-hydroxylation sites is 1. The molecule has 0 aliphatic rings. The molecule has 0 bridgehead atoms. The molecule has 0 aliphatic carbocycles. The minimum absolute atomic E-state index is 0.820. The normalized spacial score (nSPS) is 11.4. The summed E-state index contributed by atoms with van der Waals surface area (Å²) in [6, 6.07) is 16.1. The Balaban J connectivity index is 2.11. The van der Waals surface area contributed by atoms with E-state index in [2.05, 4.69) is 37.5 Å². The van der Waals surface area contributed by atoms with Crippen molar-refractivity contribution in [3.63, 3.8) is 0 Å². The SMILES string of the molecule is CCc1nc2ccccc2c2nnc(-c3cccc(Br)c3)n12. The van der Waals surface area contributed by atoms with E-state index in [1.165, 1.54) is 0 Å². The smallest absolute Gasteiger partial charge is 0.171 e. The zero-order chi connectivity index (χ0) is 15.1. The first-order valence-corrected chi connectivity index (χ1v) is 7.96. The molecule has 0 saturated carbocycles. The second-order valence-electron chi connectivity index (χ2n) is 5.09. The maximum atomic E-state index is 4.77. The highest BCUT2D eigenvalue weighted by molar-refractivity contribution is 9.10. The number of benzene rings is 2. The Hall–Kier alpha value is -2.27. The second-order valence-corrected chi connectivity index (χ2v) is 6.01. The first kappa shape index (κ1) is 13.4. The Labute approximate surface area is 136 Å². The molecule has 108 valence electrons. The van der Waals surface area contributed by atoms with Crippen LogP contribution >= 0.6 is 15.9 Å². The van der Waals surface area contributed by atoms with Gasteiger partial charge in [-0.25, -0.2) is 4.98 Å². The van der Waals surface area contributed by atoms with Gasteiger partial charge in [0.2, 0.25) is 0 Å². The van der Waals surface area contributed by atoms with Crippen molar-refractivity contribution in [2.45, 2.75) is 13.3 Å². The van der Waals surface area contributed by atoms with Crippen LogP contribution in [0.1, 0.15) is 12.7 Å². The van der Waals surface area contributed by atoms with Crippen LogP contribution in [-0.4, -0.2) is 19.6 Å². The summed E-state index contributed by atoms with van der Waals surface area (Å²) in [6.07, 6.45) is 0.820. The number of rotatable bonds is 2. The van der Waals surface area contributed by atoms with E-state index in [1.54, 1.807) is 0 Å². The summed E-state index contributed by atoms with van der Waals surface area (Å²) in [5.41, 5.74) is 2.84. The Bertz CT molecular complexity index is 990. The third-order valence-corrected chi connectivity index (χ3v) is 4.21. The highest BCUT2D eigenvalue weighted by atomic mass is 79.9. The maximum absolute atomic E-state index is 4.77. The molecule has 0 radical (unpaired) electrons. The number of fused-ring (bicyclic) bond motifs is 3. The van der Waals surface area contributed by atoms with Gasteiger partial charge in [-0.05, 0) is 24.3 Å². The standard InChI is InChI=1S/C17H13BrN4/c1-2-15-19-14-9-4-3-8-13(14)17-21-20-16(22(15)17)11-6-5-7-12(18)10-11/h3-10H,2H2,1H3. The van der Waals surface area contributed by atoms with Gasteiger partial charge < -0.3 is 0 Å². The average Bonchev–Trinajstić information content (AvgIpc) is 2.99. The molecule has 2 aromatic carbocycles. The Morgan fingerprint density at radius 3 is 2.73 bits per heavy atom. The molecule has 0 spiro atoms. The van der Waals surface area contributed by atoms with Gasteiger partial charge in [0.15, 0.2) is 11.5 Å². The van der Waals surface area contributed by atoms with E-state index in [4.69, 9.17) is 4.98 Å². The van der Waals surface area contributed by atoms with Crippen LogP contribution in [0, 0.1) is 0 Å². The molecule has 0 unspecified atom stereocenters. The molecule has 4 rings (SSSR count). The molecule has 4 aromatic rings. The molecule has 2 heterocycles. The van der Waals surface area contributed by atoms with Gasteiger partial charge in [0, 0.05) is 21.8 Å². The fourth-order valence-corrected chi connectivity index (χ4v) is 3.10. The van der Waals surface area contributed by atoms with E-state index in [-0.39, 0.29) is 0 Å². The van der Waals surface area contributed by atoms with Gasteiger partial charge in [-0.15, -0.1) is 10.2 Å². The van der Waals surface area contributed by atoms with Crippen LogP contribution in [-0.2, 0) is 6.42 Å². The van der Waals surface area contributed by atoms with Crippen LogP contribution < -0.4 is 0 Å². The molecule has 0 fully saturated rings. The summed E-state index contributed by atoms with van der Waals surface area (Å²) < 4.78 is 3.08. The van der Waals surface area contributed by atoms with Crippen molar-refractivity contribution in [3.05, 3.63) is 58.8 Å². The molecule has 0 aliphatic heterocycles. The van der Waals surface area contributed by atoms with Crippen LogP contribution in [0.3, 0.4) is 0 Å². The third-order valence-electron chi connectivity index (χ3n) is 3.71. The predicted octanol–water partition coefficient (Wildman–Crippen LogP) is 4.27. The largest absolute Gasteiger partial charge is 0.262 e. The monoisotopic (exact) mass is 352 g/mol. The molecular weight excluding hydrogens is 340 g/mol. The molecule has 0 N–H and O–H groups in total. The quantitative estimate of drug-likeness (QED) is 0.541. The first-order chi connectivity index (χ1) is 10.8. The lowest BCUT2D eigenvalue weighted by Crippen LogP contribution is -2.02. The van der Waals surface area contributed by atoms with Crippen molar-refractivity contribution in [1.29, 1.82) is 0 Å². The minimum Gasteiger partial charge on any atom is -0.262 e. The fraction of sp³-hybridized carbons (Fsp3) is 0.118. The number of hydrogen-bond acceptors (Lipinski definition) is 3. The van der Waals surface area contributed by atoms with E-state index in [1.807, 2.05) is 48.5 Å². The average molecular weight is 353 g/mol. The molecule has 5 heteroatoms. The summed E-state index contributed by atoms with van der Waals surface area (Å²) in [4.78, 5) is 4.77. The maximum Gasteiger partial charge on any atom is 0.171 e. The number of hydrogen-bond donors (Lipinski definition) is 0. The highest BCUT2D eigenvalue weighted by Gasteiger charge is 2.15. The van der Waals surface area contributed by atoms with Crippen molar-refractivity contribution < 1.29 is 0 Å². The predicted molar refractivity (Wildman–Crippen MR) is 90.8 cm³/mol. The number of halogens is 1. The van der Waals surface area contributed by atoms with Gasteiger partial charge >= 0.3 is 0 Å². The third kappa shape index (κ3) is 2.01. The topological polar surface area (TPSA) is 43.1 Å². The molecule has 0 atom stereocenters. The van der Waals surface area contributed by atoms with Crippen LogP contribution in [0.15, 0.2) is 53.0 Å². The summed E-state index contributed by atoms with van der Waals surface area (Å²) in [5, 5.41) is 9.86. The molecule has 0 amide bonds. The van der Waals surface area contributed by atoms with E-state index < -0.39 is 0 Å². The second kappa shape index (κ2) is 5.18. The van der Waals surface area contributed by atoms with Gasteiger partial charge in [-0.1, -0.05) is 47.1 Å². The number of aryl methyl sites for hydroxylation is 1. The minimum atomic E-state index is 0.820. The zero-order valence-electron chi connectivity index (χ0n) is 12.0.